The largest absolute Gasteiger partial charge is 0.0807 e. The molecule has 1 aromatic carbocycles. The average Bonchev–Trinajstić information content (AvgIpc) is 2.27. The maximum Gasteiger partial charge on any atom is -0.00683 e. The van der Waals surface area contributed by atoms with Crippen molar-refractivity contribution in [3.63, 3.8) is 0 Å². The number of hydrogen-bond acceptors (Lipinski definition) is 0. The van der Waals surface area contributed by atoms with E-state index in [9.17, 15) is 0 Å². The molecule has 1 atom stereocenters. The summed E-state index contributed by atoms with van der Waals surface area (Å²) in [5, 5.41) is 0. The molecule has 84 valence electrons. The molecule has 0 bridgehead atoms. The van der Waals surface area contributed by atoms with Crippen LogP contribution in [0.4, 0.5) is 0 Å². The first kappa shape index (κ1) is 11.2. The van der Waals surface area contributed by atoms with Crippen LogP contribution in [-0.2, 0) is 6.42 Å². The third kappa shape index (κ3) is 2.63. The standard InChI is InChI=1S/C16H20/c1-13-4-6-15(7-5-13)12-16(3)10-8-14(2)9-11-16/h4-10H,11-12H2,1-3H3. The van der Waals surface area contributed by atoms with Gasteiger partial charge in [0.15, 0.2) is 0 Å². The van der Waals surface area contributed by atoms with Crippen molar-refractivity contribution >= 4 is 0 Å². The number of aryl methyl sites for hydroxylation is 1. The third-order valence-electron chi connectivity index (χ3n) is 3.37. The monoisotopic (exact) mass is 212 g/mol. The lowest BCUT2D eigenvalue weighted by molar-refractivity contribution is 0.425. The third-order valence-corrected chi connectivity index (χ3v) is 3.37. The number of rotatable bonds is 2. The maximum atomic E-state index is 2.36. The zero-order chi connectivity index (χ0) is 11.6. The van der Waals surface area contributed by atoms with Crippen LogP contribution in [0.15, 0.2) is 48.1 Å². The highest BCUT2D eigenvalue weighted by molar-refractivity contribution is 5.28. The molecule has 1 aromatic rings. The lowest BCUT2D eigenvalue weighted by Gasteiger charge is -2.27. The average molecular weight is 212 g/mol. The summed E-state index contributed by atoms with van der Waals surface area (Å²) in [6.45, 7) is 6.65. The van der Waals surface area contributed by atoms with E-state index in [1.165, 1.54) is 16.7 Å². The van der Waals surface area contributed by atoms with Gasteiger partial charge >= 0.3 is 0 Å². The molecule has 16 heavy (non-hydrogen) atoms. The summed E-state index contributed by atoms with van der Waals surface area (Å²) in [5.41, 5.74) is 4.46. The van der Waals surface area contributed by atoms with Gasteiger partial charge in [-0.2, -0.15) is 0 Å². The Morgan fingerprint density at radius 3 is 2.38 bits per heavy atom. The van der Waals surface area contributed by atoms with E-state index >= 15 is 0 Å². The number of hydrogen-bond donors (Lipinski definition) is 0. The molecular formula is C16H20. The summed E-state index contributed by atoms with van der Waals surface area (Å²) in [4.78, 5) is 0. The summed E-state index contributed by atoms with van der Waals surface area (Å²) in [6, 6.07) is 8.90. The van der Waals surface area contributed by atoms with Crippen LogP contribution < -0.4 is 0 Å². The zero-order valence-corrected chi connectivity index (χ0v) is 10.5. The molecule has 1 aliphatic carbocycles. The highest BCUT2D eigenvalue weighted by Crippen LogP contribution is 2.32. The maximum absolute atomic E-state index is 2.36. The van der Waals surface area contributed by atoms with Crippen molar-refractivity contribution in [2.75, 3.05) is 0 Å². The van der Waals surface area contributed by atoms with Crippen LogP contribution in [0.25, 0.3) is 0 Å². The Balaban J connectivity index is 2.10. The minimum atomic E-state index is 0.300. The summed E-state index contributed by atoms with van der Waals surface area (Å²) < 4.78 is 0. The summed E-state index contributed by atoms with van der Waals surface area (Å²) in [5.74, 6) is 0. The lowest BCUT2D eigenvalue weighted by atomic mass is 9.77. The Kier molecular flexibility index (Phi) is 3.00. The Labute approximate surface area is 98.7 Å². The molecular weight excluding hydrogens is 192 g/mol. The van der Waals surface area contributed by atoms with Gasteiger partial charge in [0.1, 0.15) is 0 Å². The first-order chi connectivity index (χ1) is 7.57. The van der Waals surface area contributed by atoms with Gasteiger partial charge in [0, 0.05) is 0 Å². The van der Waals surface area contributed by atoms with Crippen LogP contribution in [0.5, 0.6) is 0 Å². The first-order valence-electron chi connectivity index (χ1n) is 5.99. The molecule has 0 saturated carbocycles. The fraction of sp³-hybridized carbons (Fsp3) is 0.375. The number of benzene rings is 1. The second kappa shape index (κ2) is 4.29. The van der Waals surface area contributed by atoms with Gasteiger partial charge in [-0.05, 0) is 37.7 Å². The SMILES string of the molecule is CC1=CCC(C)(Cc2ccc(C)cc2)C=C1. The minimum absolute atomic E-state index is 0.300. The minimum Gasteiger partial charge on any atom is -0.0807 e. The van der Waals surface area contributed by atoms with E-state index in [2.05, 4.69) is 63.3 Å². The fourth-order valence-corrected chi connectivity index (χ4v) is 2.17. The smallest absolute Gasteiger partial charge is 0.00683 e. The van der Waals surface area contributed by atoms with E-state index in [4.69, 9.17) is 0 Å². The fourth-order valence-electron chi connectivity index (χ4n) is 2.17. The molecule has 0 nitrogen and oxygen atoms in total. The summed E-state index contributed by atoms with van der Waals surface area (Å²) in [7, 11) is 0. The van der Waals surface area contributed by atoms with Crippen LogP contribution in [0.3, 0.4) is 0 Å². The van der Waals surface area contributed by atoms with E-state index in [1.807, 2.05) is 0 Å². The van der Waals surface area contributed by atoms with Crippen LogP contribution in [0, 0.1) is 12.3 Å². The van der Waals surface area contributed by atoms with Crippen molar-refractivity contribution in [2.24, 2.45) is 5.41 Å². The summed E-state index contributed by atoms with van der Waals surface area (Å²) in [6.07, 6.45) is 9.24. The second-order valence-corrected chi connectivity index (χ2v) is 5.30. The van der Waals surface area contributed by atoms with Crippen molar-refractivity contribution < 1.29 is 0 Å². The van der Waals surface area contributed by atoms with Gasteiger partial charge in [0.05, 0.1) is 0 Å². The van der Waals surface area contributed by atoms with Crippen LogP contribution in [-0.4, -0.2) is 0 Å². The van der Waals surface area contributed by atoms with Crippen LogP contribution in [0.1, 0.15) is 31.4 Å². The van der Waals surface area contributed by atoms with Gasteiger partial charge in [-0.3, -0.25) is 0 Å². The molecule has 0 aliphatic heterocycles. The number of allylic oxidation sites excluding steroid dienone is 4. The molecule has 1 unspecified atom stereocenters. The quantitative estimate of drug-likeness (QED) is 0.679. The van der Waals surface area contributed by atoms with Gasteiger partial charge in [-0.1, -0.05) is 60.6 Å². The van der Waals surface area contributed by atoms with E-state index in [-0.39, 0.29) is 0 Å². The van der Waals surface area contributed by atoms with Crippen molar-refractivity contribution in [3.8, 4) is 0 Å². The Morgan fingerprint density at radius 1 is 1.12 bits per heavy atom. The topological polar surface area (TPSA) is 0 Å². The molecule has 0 heteroatoms. The van der Waals surface area contributed by atoms with Gasteiger partial charge < -0.3 is 0 Å². The van der Waals surface area contributed by atoms with Crippen LogP contribution in [0.2, 0.25) is 0 Å². The molecule has 0 fully saturated rings. The van der Waals surface area contributed by atoms with Crippen molar-refractivity contribution in [3.05, 3.63) is 59.2 Å². The molecule has 0 spiro atoms. The van der Waals surface area contributed by atoms with Crippen molar-refractivity contribution in [1.82, 2.24) is 0 Å². The molecule has 1 aliphatic rings. The van der Waals surface area contributed by atoms with Gasteiger partial charge in [0.2, 0.25) is 0 Å². The predicted molar refractivity (Wildman–Crippen MR) is 70.5 cm³/mol. The second-order valence-electron chi connectivity index (χ2n) is 5.30. The molecule has 0 amide bonds. The molecule has 0 N–H and O–H groups in total. The first-order valence-corrected chi connectivity index (χ1v) is 5.99. The highest BCUT2D eigenvalue weighted by Gasteiger charge is 2.22. The van der Waals surface area contributed by atoms with Gasteiger partial charge in [-0.15, -0.1) is 0 Å². The van der Waals surface area contributed by atoms with Gasteiger partial charge in [0.25, 0.3) is 0 Å². The van der Waals surface area contributed by atoms with E-state index in [1.54, 1.807) is 0 Å². The normalized spacial score (nSPS) is 24.3. The van der Waals surface area contributed by atoms with E-state index in [0.29, 0.717) is 5.41 Å². The Hall–Kier alpha value is -1.30. The van der Waals surface area contributed by atoms with E-state index < -0.39 is 0 Å². The lowest BCUT2D eigenvalue weighted by Crippen LogP contribution is -2.17. The van der Waals surface area contributed by atoms with Crippen LogP contribution >= 0.6 is 0 Å². The molecule has 0 aromatic heterocycles. The summed E-state index contributed by atoms with van der Waals surface area (Å²) >= 11 is 0. The Bertz CT molecular complexity index is 420. The predicted octanol–water partition coefficient (Wildman–Crippen LogP) is 4.45. The van der Waals surface area contributed by atoms with Crippen molar-refractivity contribution in [2.45, 2.75) is 33.6 Å². The molecule has 0 heterocycles. The van der Waals surface area contributed by atoms with Crippen molar-refractivity contribution in [1.29, 1.82) is 0 Å². The molecule has 0 saturated heterocycles. The molecule has 2 rings (SSSR count). The van der Waals surface area contributed by atoms with E-state index in [0.717, 1.165) is 12.8 Å². The van der Waals surface area contributed by atoms with Gasteiger partial charge in [-0.25, -0.2) is 0 Å². The molecule has 0 radical (unpaired) electrons. The Morgan fingerprint density at radius 2 is 1.81 bits per heavy atom. The zero-order valence-electron chi connectivity index (χ0n) is 10.5. The highest BCUT2D eigenvalue weighted by atomic mass is 14.3.